The molecule has 0 radical (unpaired) electrons. The fraction of sp³-hybridized carbons (Fsp3) is 0.500. The van der Waals surface area contributed by atoms with Gasteiger partial charge in [-0.2, -0.15) is 0 Å². The Morgan fingerprint density at radius 2 is 2.43 bits per heavy atom. The number of furan rings is 1. The summed E-state index contributed by atoms with van der Waals surface area (Å²) in [5, 5.41) is 8.52. The molecule has 1 aromatic heterocycles. The van der Waals surface area contributed by atoms with Crippen molar-refractivity contribution < 1.29 is 14.3 Å². The summed E-state index contributed by atoms with van der Waals surface area (Å²) in [6, 6.07) is 3.70. The second-order valence-corrected chi connectivity index (χ2v) is 3.32. The van der Waals surface area contributed by atoms with Crippen LogP contribution >= 0.6 is 0 Å². The molecule has 3 N–H and O–H groups in total. The van der Waals surface area contributed by atoms with Crippen LogP contribution in [-0.2, 0) is 11.2 Å². The van der Waals surface area contributed by atoms with Gasteiger partial charge in [-0.3, -0.25) is 4.79 Å². The first-order valence-corrected chi connectivity index (χ1v) is 4.66. The van der Waals surface area contributed by atoms with Gasteiger partial charge >= 0.3 is 5.97 Å². The average molecular weight is 197 g/mol. The first-order valence-electron chi connectivity index (χ1n) is 4.66. The minimum Gasteiger partial charge on any atom is -0.481 e. The summed E-state index contributed by atoms with van der Waals surface area (Å²) in [5.41, 5.74) is 5.54. The van der Waals surface area contributed by atoms with Crippen molar-refractivity contribution in [1.29, 1.82) is 0 Å². The van der Waals surface area contributed by atoms with Crippen LogP contribution in [0.4, 0.5) is 0 Å². The van der Waals surface area contributed by atoms with E-state index in [0.717, 1.165) is 12.2 Å². The molecular weight excluding hydrogens is 182 g/mol. The Bertz CT molecular complexity index is 269. The highest BCUT2D eigenvalue weighted by Gasteiger charge is 2.11. The molecular formula is C10H15NO3. The minimum atomic E-state index is -0.775. The van der Waals surface area contributed by atoms with Crippen molar-refractivity contribution in [2.45, 2.75) is 19.3 Å². The maximum atomic E-state index is 10.4. The predicted molar refractivity (Wildman–Crippen MR) is 51.8 cm³/mol. The molecule has 14 heavy (non-hydrogen) atoms. The number of carboxylic acid groups (broad SMARTS) is 1. The monoisotopic (exact) mass is 197 g/mol. The van der Waals surface area contributed by atoms with E-state index in [4.69, 9.17) is 15.3 Å². The highest BCUT2D eigenvalue weighted by molar-refractivity contribution is 5.66. The van der Waals surface area contributed by atoms with Gasteiger partial charge in [-0.15, -0.1) is 0 Å². The molecule has 0 fully saturated rings. The Morgan fingerprint density at radius 1 is 1.64 bits per heavy atom. The van der Waals surface area contributed by atoms with Gasteiger partial charge in [0.05, 0.1) is 6.26 Å². The average Bonchev–Trinajstić information content (AvgIpc) is 2.64. The summed E-state index contributed by atoms with van der Waals surface area (Å²) in [6.45, 7) is 0.494. The fourth-order valence-electron chi connectivity index (χ4n) is 1.34. The predicted octanol–water partition coefficient (Wildman–Crippen LogP) is 1.26. The Labute approximate surface area is 82.7 Å². The van der Waals surface area contributed by atoms with Crippen LogP contribution in [0, 0.1) is 5.92 Å². The van der Waals surface area contributed by atoms with Crippen molar-refractivity contribution in [3.8, 4) is 0 Å². The minimum absolute atomic E-state index is 0.169. The Morgan fingerprint density at radius 3 is 2.93 bits per heavy atom. The zero-order chi connectivity index (χ0) is 10.4. The fourth-order valence-corrected chi connectivity index (χ4v) is 1.34. The third-order valence-electron chi connectivity index (χ3n) is 2.17. The van der Waals surface area contributed by atoms with E-state index in [-0.39, 0.29) is 12.3 Å². The van der Waals surface area contributed by atoms with Gasteiger partial charge in [0.25, 0.3) is 0 Å². The van der Waals surface area contributed by atoms with Crippen molar-refractivity contribution >= 4 is 5.97 Å². The summed E-state index contributed by atoms with van der Waals surface area (Å²) in [7, 11) is 0. The highest BCUT2D eigenvalue weighted by Crippen LogP contribution is 2.13. The number of aliphatic carboxylic acids is 1. The van der Waals surface area contributed by atoms with E-state index < -0.39 is 5.97 Å². The lowest BCUT2D eigenvalue weighted by atomic mass is 9.98. The molecule has 4 nitrogen and oxygen atoms in total. The third kappa shape index (κ3) is 3.62. The molecule has 1 rings (SSSR count). The van der Waals surface area contributed by atoms with Gasteiger partial charge in [0.15, 0.2) is 0 Å². The van der Waals surface area contributed by atoms with Crippen molar-refractivity contribution in [3.63, 3.8) is 0 Å². The van der Waals surface area contributed by atoms with Crippen LogP contribution in [0.5, 0.6) is 0 Å². The topological polar surface area (TPSA) is 76.5 Å². The zero-order valence-corrected chi connectivity index (χ0v) is 7.98. The van der Waals surface area contributed by atoms with Gasteiger partial charge < -0.3 is 15.3 Å². The Balaban J connectivity index is 2.35. The Kier molecular flexibility index (Phi) is 4.19. The van der Waals surface area contributed by atoms with Crippen LogP contribution in [-0.4, -0.2) is 17.6 Å². The van der Waals surface area contributed by atoms with Crippen LogP contribution in [0.1, 0.15) is 18.6 Å². The summed E-state index contributed by atoms with van der Waals surface area (Å²) in [4.78, 5) is 10.4. The number of rotatable bonds is 6. The molecule has 0 aromatic carbocycles. The van der Waals surface area contributed by atoms with Gasteiger partial charge in [-0.1, -0.05) is 0 Å². The number of hydrogen-bond acceptors (Lipinski definition) is 3. The maximum Gasteiger partial charge on any atom is 0.303 e. The van der Waals surface area contributed by atoms with Crippen molar-refractivity contribution in [3.05, 3.63) is 24.2 Å². The number of hydrogen-bond donors (Lipinski definition) is 2. The smallest absolute Gasteiger partial charge is 0.303 e. The standard InChI is InChI=1S/C10H15NO3/c11-7-8(3-4-10(12)13)6-9-2-1-5-14-9/h1-2,5,8H,3-4,6-7,11H2,(H,12,13). The normalized spacial score (nSPS) is 12.6. The summed E-state index contributed by atoms with van der Waals surface area (Å²) >= 11 is 0. The lowest BCUT2D eigenvalue weighted by Crippen LogP contribution is -2.17. The molecule has 0 aliphatic carbocycles. The molecule has 1 aromatic rings. The summed E-state index contributed by atoms with van der Waals surface area (Å²) < 4.78 is 5.17. The molecule has 1 heterocycles. The van der Waals surface area contributed by atoms with Crippen LogP contribution in [0.15, 0.2) is 22.8 Å². The van der Waals surface area contributed by atoms with Gasteiger partial charge in [0, 0.05) is 12.8 Å². The molecule has 0 saturated heterocycles. The molecule has 4 heteroatoms. The van der Waals surface area contributed by atoms with Crippen LogP contribution in [0.2, 0.25) is 0 Å². The van der Waals surface area contributed by atoms with Gasteiger partial charge in [0.1, 0.15) is 5.76 Å². The van der Waals surface area contributed by atoms with Crippen LogP contribution in [0.25, 0.3) is 0 Å². The van der Waals surface area contributed by atoms with Crippen LogP contribution in [0.3, 0.4) is 0 Å². The molecule has 0 bridgehead atoms. The first-order chi connectivity index (χ1) is 6.72. The SMILES string of the molecule is NCC(CCC(=O)O)Cc1ccco1. The van der Waals surface area contributed by atoms with E-state index in [1.807, 2.05) is 12.1 Å². The maximum absolute atomic E-state index is 10.4. The summed E-state index contributed by atoms with van der Waals surface area (Å²) in [5.74, 6) is 0.283. The van der Waals surface area contributed by atoms with E-state index in [1.54, 1.807) is 6.26 Å². The number of carbonyl (C=O) groups is 1. The molecule has 78 valence electrons. The van der Waals surface area contributed by atoms with Crippen LogP contribution < -0.4 is 5.73 Å². The lowest BCUT2D eigenvalue weighted by molar-refractivity contribution is -0.137. The lowest BCUT2D eigenvalue weighted by Gasteiger charge is -2.10. The van der Waals surface area contributed by atoms with Crippen molar-refractivity contribution in [2.75, 3.05) is 6.54 Å². The van der Waals surface area contributed by atoms with E-state index in [0.29, 0.717) is 13.0 Å². The van der Waals surface area contributed by atoms with E-state index >= 15 is 0 Å². The van der Waals surface area contributed by atoms with Crippen molar-refractivity contribution in [2.24, 2.45) is 11.7 Å². The molecule has 1 unspecified atom stereocenters. The molecule has 0 spiro atoms. The zero-order valence-electron chi connectivity index (χ0n) is 7.98. The number of nitrogens with two attached hydrogens (primary N) is 1. The molecule has 0 aliphatic heterocycles. The Hall–Kier alpha value is -1.29. The molecule has 0 saturated carbocycles. The summed E-state index contributed by atoms with van der Waals surface area (Å²) in [6.07, 6.45) is 3.10. The van der Waals surface area contributed by atoms with E-state index in [1.165, 1.54) is 0 Å². The second-order valence-electron chi connectivity index (χ2n) is 3.32. The van der Waals surface area contributed by atoms with Gasteiger partial charge in [-0.05, 0) is 31.0 Å². The van der Waals surface area contributed by atoms with Gasteiger partial charge in [0.2, 0.25) is 0 Å². The molecule has 0 amide bonds. The molecule has 1 atom stereocenters. The van der Waals surface area contributed by atoms with E-state index in [9.17, 15) is 4.79 Å². The quantitative estimate of drug-likeness (QED) is 0.719. The second kappa shape index (κ2) is 5.44. The molecule has 0 aliphatic rings. The van der Waals surface area contributed by atoms with Crippen molar-refractivity contribution in [1.82, 2.24) is 0 Å². The third-order valence-corrected chi connectivity index (χ3v) is 2.17. The largest absolute Gasteiger partial charge is 0.481 e. The van der Waals surface area contributed by atoms with E-state index in [2.05, 4.69) is 0 Å². The highest BCUT2D eigenvalue weighted by atomic mass is 16.4. The van der Waals surface area contributed by atoms with Gasteiger partial charge in [-0.25, -0.2) is 0 Å². The first kappa shape index (κ1) is 10.8. The number of carboxylic acids is 1.